The number of rotatable bonds is 7. The van der Waals surface area contributed by atoms with Gasteiger partial charge in [0.1, 0.15) is 23.9 Å². The Kier molecular flexibility index (Phi) is 6.06. The van der Waals surface area contributed by atoms with Gasteiger partial charge in [0.2, 0.25) is 0 Å². The molecule has 0 fully saturated rings. The Morgan fingerprint density at radius 1 is 1.20 bits per heavy atom. The lowest BCUT2D eigenvalue weighted by Gasteiger charge is -2.14. The molecule has 0 aliphatic carbocycles. The number of hydrogen-bond acceptors (Lipinski definition) is 6. The average molecular weight is 410 g/mol. The number of phenols is 1. The van der Waals surface area contributed by atoms with Crippen molar-refractivity contribution in [1.29, 1.82) is 0 Å². The third-order valence-electron chi connectivity index (χ3n) is 4.49. The molecule has 8 nitrogen and oxygen atoms in total. The Hall–Kier alpha value is -3.81. The maximum absolute atomic E-state index is 12.4. The van der Waals surface area contributed by atoms with Crippen molar-refractivity contribution < 1.29 is 24.0 Å². The smallest absolute Gasteiger partial charge is 0.291 e. The minimum atomic E-state index is -0.643. The Bertz CT molecular complexity index is 1090. The van der Waals surface area contributed by atoms with Crippen molar-refractivity contribution in [3.8, 4) is 11.5 Å². The summed E-state index contributed by atoms with van der Waals surface area (Å²) in [4.78, 5) is 22.7. The van der Waals surface area contributed by atoms with E-state index in [1.165, 1.54) is 6.07 Å². The summed E-state index contributed by atoms with van der Waals surface area (Å²) in [6.07, 6.45) is 0. The monoisotopic (exact) mass is 410 g/mol. The first-order valence-corrected chi connectivity index (χ1v) is 9.35. The largest absolute Gasteiger partial charge is 0.506 e. The van der Waals surface area contributed by atoms with Crippen molar-refractivity contribution in [2.45, 2.75) is 33.3 Å². The van der Waals surface area contributed by atoms with Gasteiger partial charge in [-0.3, -0.25) is 14.9 Å². The molecule has 156 valence electrons. The van der Waals surface area contributed by atoms with E-state index in [0.717, 1.165) is 35.1 Å². The number of nitrogens with one attached hydrogen (secondary N) is 1. The predicted octanol–water partition coefficient (Wildman–Crippen LogP) is 5.16. The second-order valence-electron chi connectivity index (χ2n) is 7.16. The number of ether oxygens (including phenoxy) is 1. The molecule has 0 aliphatic rings. The van der Waals surface area contributed by atoms with E-state index < -0.39 is 10.8 Å². The second kappa shape index (κ2) is 8.69. The highest BCUT2D eigenvalue weighted by Gasteiger charge is 2.17. The SMILES string of the molecule is Cc1ccc(C(C)C)c(OCc2ccc(C(=O)Nc3cc([N+](=O)[O-])ccc3O)o2)c1. The summed E-state index contributed by atoms with van der Waals surface area (Å²) in [5.74, 6) is 0.558. The number of aromatic hydroxyl groups is 1. The normalized spacial score (nSPS) is 10.8. The summed E-state index contributed by atoms with van der Waals surface area (Å²) in [6, 6.07) is 12.5. The van der Waals surface area contributed by atoms with Crippen LogP contribution in [0.2, 0.25) is 0 Å². The highest BCUT2D eigenvalue weighted by molar-refractivity contribution is 6.03. The van der Waals surface area contributed by atoms with Crippen LogP contribution in [0, 0.1) is 17.0 Å². The molecule has 2 aromatic carbocycles. The lowest BCUT2D eigenvalue weighted by Crippen LogP contribution is -2.11. The van der Waals surface area contributed by atoms with Crippen LogP contribution in [0.15, 0.2) is 52.9 Å². The highest BCUT2D eigenvalue weighted by Crippen LogP contribution is 2.30. The zero-order valence-corrected chi connectivity index (χ0v) is 16.8. The van der Waals surface area contributed by atoms with Gasteiger partial charge in [-0.15, -0.1) is 0 Å². The Morgan fingerprint density at radius 2 is 1.97 bits per heavy atom. The summed E-state index contributed by atoms with van der Waals surface area (Å²) < 4.78 is 11.4. The summed E-state index contributed by atoms with van der Waals surface area (Å²) in [6.45, 7) is 6.28. The van der Waals surface area contributed by atoms with Gasteiger partial charge >= 0.3 is 0 Å². The van der Waals surface area contributed by atoms with E-state index >= 15 is 0 Å². The van der Waals surface area contributed by atoms with E-state index in [1.54, 1.807) is 6.07 Å². The first-order chi connectivity index (χ1) is 14.2. The molecule has 0 spiro atoms. The molecular weight excluding hydrogens is 388 g/mol. The number of nitro benzene ring substituents is 1. The van der Waals surface area contributed by atoms with Crippen LogP contribution >= 0.6 is 0 Å². The molecule has 0 bridgehead atoms. The molecule has 8 heteroatoms. The van der Waals surface area contributed by atoms with Gasteiger partial charge in [0, 0.05) is 12.1 Å². The lowest BCUT2D eigenvalue weighted by molar-refractivity contribution is -0.384. The number of benzene rings is 2. The molecule has 3 rings (SSSR count). The van der Waals surface area contributed by atoms with E-state index in [9.17, 15) is 20.0 Å². The summed E-state index contributed by atoms with van der Waals surface area (Å²) in [5, 5.41) is 23.1. The van der Waals surface area contributed by atoms with Gasteiger partial charge in [0.05, 0.1) is 10.6 Å². The van der Waals surface area contributed by atoms with Crippen molar-refractivity contribution in [2.75, 3.05) is 5.32 Å². The summed E-state index contributed by atoms with van der Waals surface area (Å²) in [7, 11) is 0. The van der Waals surface area contributed by atoms with Crippen molar-refractivity contribution in [2.24, 2.45) is 0 Å². The van der Waals surface area contributed by atoms with Gasteiger partial charge in [0.15, 0.2) is 5.76 Å². The predicted molar refractivity (Wildman–Crippen MR) is 111 cm³/mol. The molecule has 0 atom stereocenters. The number of aryl methyl sites for hydroxylation is 1. The molecular formula is C22H22N2O6. The molecule has 30 heavy (non-hydrogen) atoms. The molecule has 0 aliphatic heterocycles. The van der Waals surface area contributed by atoms with Crippen molar-refractivity contribution >= 4 is 17.3 Å². The van der Waals surface area contributed by atoms with Gasteiger partial charge in [0.25, 0.3) is 11.6 Å². The fourth-order valence-electron chi connectivity index (χ4n) is 2.89. The highest BCUT2D eigenvalue weighted by atomic mass is 16.6. The molecule has 0 saturated heterocycles. The number of amides is 1. The number of furan rings is 1. The third-order valence-corrected chi connectivity index (χ3v) is 4.49. The van der Waals surface area contributed by atoms with Crippen LogP contribution in [0.1, 0.15) is 47.2 Å². The van der Waals surface area contributed by atoms with Gasteiger partial charge < -0.3 is 19.6 Å². The van der Waals surface area contributed by atoms with E-state index in [2.05, 4.69) is 19.2 Å². The summed E-state index contributed by atoms with van der Waals surface area (Å²) >= 11 is 0. The number of nitro groups is 1. The third kappa shape index (κ3) is 4.78. The van der Waals surface area contributed by atoms with Gasteiger partial charge in [-0.2, -0.15) is 0 Å². The van der Waals surface area contributed by atoms with Gasteiger partial charge in [-0.05, 0) is 48.2 Å². The van der Waals surface area contributed by atoms with Gasteiger partial charge in [-0.25, -0.2) is 0 Å². The van der Waals surface area contributed by atoms with Crippen LogP contribution in [-0.4, -0.2) is 15.9 Å². The minimum Gasteiger partial charge on any atom is -0.506 e. The van der Waals surface area contributed by atoms with Crippen molar-refractivity contribution in [3.63, 3.8) is 0 Å². The molecule has 2 N–H and O–H groups in total. The Balaban J connectivity index is 1.70. The Morgan fingerprint density at radius 3 is 2.67 bits per heavy atom. The number of anilines is 1. The topological polar surface area (TPSA) is 115 Å². The summed E-state index contributed by atoms with van der Waals surface area (Å²) in [5.41, 5.74) is 1.82. The number of phenolic OH excluding ortho intramolecular Hbond substituents is 1. The lowest BCUT2D eigenvalue weighted by atomic mass is 10.0. The molecule has 3 aromatic rings. The quantitative estimate of drug-likeness (QED) is 0.316. The van der Waals surface area contributed by atoms with Crippen LogP contribution in [0.5, 0.6) is 11.5 Å². The maximum atomic E-state index is 12.4. The van der Waals surface area contributed by atoms with Crippen LogP contribution in [0.3, 0.4) is 0 Å². The molecule has 1 aromatic heterocycles. The van der Waals surface area contributed by atoms with E-state index in [4.69, 9.17) is 9.15 Å². The maximum Gasteiger partial charge on any atom is 0.291 e. The first kappa shape index (κ1) is 20.9. The fourth-order valence-corrected chi connectivity index (χ4v) is 2.89. The zero-order chi connectivity index (χ0) is 21.8. The molecule has 1 heterocycles. The van der Waals surface area contributed by atoms with Crippen LogP contribution in [0.25, 0.3) is 0 Å². The van der Waals surface area contributed by atoms with Crippen LogP contribution in [-0.2, 0) is 6.61 Å². The molecule has 0 saturated carbocycles. The van der Waals surface area contributed by atoms with Crippen LogP contribution < -0.4 is 10.1 Å². The Labute approximate surface area is 173 Å². The van der Waals surface area contributed by atoms with E-state index in [1.807, 2.05) is 25.1 Å². The zero-order valence-electron chi connectivity index (χ0n) is 16.8. The number of carbonyl (C=O) groups is 1. The van der Waals surface area contributed by atoms with Gasteiger partial charge in [-0.1, -0.05) is 26.0 Å². The second-order valence-corrected chi connectivity index (χ2v) is 7.16. The number of nitrogens with zero attached hydrogens (tertiary/aromatic N) is 1. The number of hydrogen-bond donors (Lipinski definition) is 2. The molecule has 0 radical (unpaired) electrons. The minimum absolute atomic E-state index is 0.00664. The average Bonchev–Trinajstić information content (AvgIpc) is 3.17. The first-order valence-electron chi connectivity index (χ1n) is 9.35. The van der Waals surface area contributed by atoms with Crippen molar-refractivity contribution in [1.82, 2.24) is 0 Å². The van der Waals surface area contributed by atoms with E-state index in [-0.39, 0.29) is 29.5 Å². The fraction of sp³-hybridized carbons (Fsp3) is 0.227. The van der Waals surface area contributed by atoms with Crippen molar-refractivity contribution in [3.05, 3.63) is 81.3 Å². The standard InChI is InChI=1S/C22H22N2O6/c1-13(2)17-7-4-14(3)10-21(17)29-12-16-6-9-20(30-16)22(26)23-18-11-15(24(27)28)5-8-19(18)25/h4-11,13,25H,12H2,1-3H3,(H,23,26). The number of carbonyl (C=O) groups excluding carboxylic acids is 1. The molecule has 0 unspecified atom stereocenters. The number of non-ortho nitro benzene ring substituents is 1. The van der Waals surface area contributed by atoms with E-state index in [0.29, 0.717) is 11.7 Å². The molecule has 1 amide bonds. The van der Waals surface area contributed by atoms with Crippen LogP contribution in [0.4, 0.5) is 11.4 Å².